The summed E-state index contributed by atoms with van der Waals surface area (Å²) in [4.78, 5) is 97.6. The van der Waals surface area contributed by atoms with Crippen molar-refractivity contribution in [2.75, 3.05) is 32.0 Å². The molecule has 53 heavy (non-hydrogen) atoms. The molecule has 1 fully saturated rings. The molecule has 0 radical (unpaired) electrons. The van der Waals surface area contributed by atoms with Gasteiger partial charge in [-0.2, -0.15) is 4.31 Å². The number of anilines is 1. The van der Waals surface area contributed by atoms with E-state index in [1.807, 2.05) is 0 Å². The van der Waals surface area contributed by atoms with Crippen LogP contribution in [0.1, 0.15) is 46.3 Å². The van der Waals surface area contributed by atoms with Crippen molar-refractivity contribution in [2.24, 2.45) is 5.41 Å². The number of nitrogens with zero attached hydrogens (tertiary/aromatic N) is 4. The van der Waals surface area contributed by atoms with Crippen molar-refractivity contribution in [1.29, 1.82) is 0 Å². The quantitative estimate of drug-likeness (QED) is 0.0503. The number of Topliss-reactive ketones (excluding diaryl/α,β-unsaturated/α-hetero) is 2. The minimum Gasteiger partial charge on any atom is -0.386 e. The van der Waals surface area contributed by atoms with E-state index in [9.17, 15) is 62.7 Å². The molecular formula is C25H40N7O18P3. The number of hydrogen-bond acceptors (Lipinski definition) is 18. The molecule has 0 aliphatic carbocycles. The van der Waals surface area contributed by atoms with Crippen molar-refractivity contribution >= 4 is 63.8 Å². The summed E-state index contributed by atoms with van der Waals surface area (Å²) in [5.74, 6) is -2.27. The normalized spacial score (nSPS) is 22.1. The molecule has 7 atom stereocenters. The summed E-state index contributed by atoms with van der Waals surface area (Å²) in [6, 6.07) is 0. The summed E-state index contributed by atoms with van der Waals surface area (Å²) in [6.07, 6.45) is -7.38. The predicted octanol–water partition coefficient (Wildman–Crippen LogP) is -1.66. The lowest BCUT2D eigenvalue weighted by atomic mass is 9.87. The van der Waals surface area contributed by atoms with Crippen molar-refractivity contribution in [3.8, 4) is 0 Å². The Kier molecular flexibility index (Phi) is 15.0. The van der Waals surface area contributed by atoms with E-state index in [2.05, 4.69) is 34.4 Å². The summed E-state index contributed by atoms with van der Waals surface area (Å²) in [5.41, 5.74) is 4.21. The fourth-order valence-corrected chi connectivity index (χ4v) is 7.48. The maximum Gasteiger partial charge on any atom is 0.481 e. The van der Waals surface area contributed by atoms with Gasteiger partial charge in [0, 0.05) is 31.3 Å². The molecule has 0 saturated carbocycles. The van der Waals surface area contributed by atoms with Gasteiger partial charge in [-0.3, -0.25) is 37.3 Å². The Bertz CT molecular complexity index is 1800. The molecule has 2 aromatic rings. The number of aromatic nitrogens is 4. The van der Waals surface area contributed by atoms with Crippen LogP contribution < -0.4 is 16.4 Å². The van der Waals surface area contributed by atoms with Crippen molar-refractivity contribution in [3.05, 3.63) is 12.7 Å². The third-order valence-corrected chi connectivity index (χ3v) is 10.3. The van der Waals surface area contributed by atoms with Gasteiger partial charge in [-0.1, -0.05) is 13.8 Å². The first-order chi connectivity index (χ1) is 24.4. The van der Waals surface area contributed by atoms with E-state index in [4.69, 9.17) is 19.5 Å². The predicted molar refractivity (Wildman–Crippen MR) is 175 cm³/mol. The highest BCUT2D eigenvalue weighted by Gasteiger charge is 2.50. The number of carbonyl (C=O) groups excluding carboxylic acids is 4. The number of carbonyl (C=O) groups is 4. The zero-order valence-electron chi connectivity index (χ0n) is 28.3. The van der Waals surface area contributed by atoms with Crippen LogP contribution in [0.3, 0.4) is 0 Å². The molecule has 25 nitrogen and oxygen atoms in total. The fourth-order valence-electron chi connectivity index (χ4n) is 4.65. The van der Waals surface area contributed by atoms with Gasteiger partial charge in [0.05, 0.1) is 26.0 Å². The van der Waals surface area contributed by atoms with E-state index >= 15 is 0 Å². The topological polar surface area (TPSA) is 381 Å². The number of nitrogen functional groups attached to an aromatic ring is 1. The number of imidazole rings is 1. The highest BCUT2D eigenvalue weighted by atomic mass is 31.3. The molecule has 1 saturated heterocycles. The van der Waals surface area contributed by atoms with Gasteiger partial charge in [0.15, 0.2) is 17.7 Å². The first-order valence-electron chi connectivity index (χ1n) is 15.3. The van der Waals surface area contributed by atoms with Crippen molar-refractivity contribution in [1.82, 2.24) is 30.2 Å². The van der Waals surface area contributed by atoms with Gasteiger partial charge in [0.2, 0.25) is 11.8 Å². The molecule has 7 unspecified atom stereocenters. The molecule has 3 heterocycles. The maximum absolute atomic E-state index is 12.6. The van der Waals surface area contributed by atoms with Gasteiger partial charge in [0.25, 0.3) is 0 Å². The number of aliphatic hydroxyl groups is 2. The van der Waals surface area contributed by atoms with Crippen LogP contribution in [0.2, 0.25) is 0 Å². The largest absolute Gasteiger partial charge is 0.481 e. The molecule has 0 spiro atoms. The number of ether oxygens (including phenoxy) is 1. The zero-order valence-corrected chi connectivity index (χ0v) is 31.0. The number of fused-ring (bicyclic) bond motifs is 1. The Balaban J connectivity index is 1.53. The summed E-state index contributed by atoms with van der Waals surface area (Å²) < 4.78 is 61.8. The van der Waals surface area contributed by atoms with Gasteiger partial charge >= 0.3 is 23.5 Å². The Morgan fingerprint density at radius 1 is 1.02 bits per heavy atom. The molecule has 1 aliphatic rings. The smallest absolute Gasteiger partial charge is 0.386 e. The highest BCUT2D eigenvalue weighted by molar-refractivity contribution is 7.61. The lowest BCUT2D eigenvalue weighted by Crippen LogP contribution is -2.46. The maximum atomic E-state index is 12.6. The van der Waals surface area contributed by atoms with Crippen LogP contribution in [0.15, 0.2) is 12.7 Å². The average molecular weight is 820 g/mol. The van der Waals surface area contributed by atoms with Crippen molar-refractivity contribution in [3.63, 3.8) is 0 Å². The average Bonchev–Trinajstić information content (AvgIpc) is 3.58. The first-order valence-corrected chi connectivity index (χ1v) is 19.8. The number of ketones is 2. The SMILES string of the molecule is CC(=O)CC(=O)CCNC(=O)CCNC(=O)C(O)C(C)(C)COP(=O)(O)OP(=O)(O)OCC1OC(n2cnc3c(N)ncnc32)C(O)C1OP(=O)(O)O. The van der Waals surface area contributed by atoms with Gasteiger partial charge < -0.3 is 50.9 Å². The van der Waals surface area contributed by atoms with E-state index in [-0.39, 0.29) is 60.9 Å². The second-order valence-electron chi connectivity index (χ2n) is 12.2. The van der Waals surface area contributed by atoms with Crippen molar-refractivity contribution < 1.29 is 85.3 Å². The molecule has 28 heteroatoms. The third kappa shape index (κ3) is 13.3. The third-order valence-electron chi connectivity index (χ3n) is 7.25. The number of rotatable bonds is 21. The summed E-state index contributed by atoms with van der Waals surface area (Å²) in [6.45, 7) is 1.37. The fraction of sp³-hybridized carbons (Fsp3) is 0.640. The molecule has 3 rings (SSSR count). The summed E-state index contributed by atoms with van der Waals surface area (Å²) >= 11 is 0. The molecule has 10 N–H and O–H groups in total. The molecule has 0 bridgehead atoms. The summed E-state index contributed by atoms with van der Waals surface area (Å²) in [7, 11) is -16.4. The number of phosphoric acid groups is 3. The number of aliphatic hydroxyl groups excluding tert-OH is 2. The minimum absolute atomic E-state index is 0.0230. The molecule has 2 amide bonds. The Hall–Kier alpha value is -3.12. The van der Waals surface area contributed by atoms with Crippen LogP contribution in [-0.4, -0.2) is 123 Å². The Morgan fingerprint density at radius 3 is 2.30 bits per heavy atom. The standard InChI is InChI=1S/C25H40N7O18P3/c1-13(33)8-14(34)4-6-27-16(35)5-7-28-23(38)20(37)25(2,3)10-47-53(44,45)50-52(42,43)46-9-15-19(49-51(39,40)41)18(36)24(48-15)32-12-31-17-21(26)29-11-30-22(17)32/h11-12,15,18-20,24,36-37H,4-10H2,1-3H3,(H,27,35)(H,28,38)(H,42,43)(H,44,45)(H2,26,29,30)(H2,39,40,41). The molecule has 298 valence electrons. The first kappa shape index (κ1) is 44.3. The lowest BCUT2D eigenvalue weighted by Gasteiger charge is -2.30. The summed E-state index contributed by atoms with van der Waals surface area (Å²) in [5, 5.41) is 26.0. The van der Waals surface area contributed by atoms with Crippen molar-refractivity contribution in [2.45, 2.75) is 70.7 Å². The number of phosphoric ester groups is 3. The van der Waals surface area contributed by atoms with Crippen LogP contribution in [0, 0.1) is 5.41 Å². The van der Waals surface area contributed by atoms with E-state index < -0.39 is 84.6 Å². The van der Waals surface area contributed by atoms with E-state index in [0.29, 0.717) is 0 Å². The van der Waals surface area contributed by atoms with Gasteiger partial charge in [0.1, 0.15) is 47.8 Å². The number of nitrogens with two attached hydrogens (primary N) is 1. The van der Waals surface area contributed by atoms with Gasteiger partial charge in [-0.25, -0.2) is 28.6 Å². The van der Waals surface area contributed by atoms with Gasteiger partial charge in [-0.15, -0.1) is 0 Å². The van der Waals surface area contributed by atoms with E-state index in [1.165, 1.54) is 20.8 Å². The molecular weight excluding hydrogens is 779 g/mol. The molecule has 2 aromatic heterocycles. The molecule has 0 aromatic carbocycles. The minimum atomic E-state index is -5.58. The second kappa shape index (κ2) is 18.0. The Labute approximate surface area is 300 Å². The molecule has 1 aliphatic heterocycles. The van der Waals surface area contributed by atoms with E-state index in [1.54, 1.807) is 0 Å². The highest BCUT2D eigenvalue weighted by Crippen LogP contribution is 2.61. The zero-order chi connectivity index (χ0) is 39.9. The Morgan fingerprint density at radius 2 is 1.66 bits per heavy atom. The number of hydrogen-bond donors (Lipinski definition) is 9. The number of amides is 2. The second-order valence-corrected chi connectivity index (χ2v) is 16.5. The van der Waals surface area contributed by atoms with Crippen LogP contribution in [0.5, 0.6) is 0 Å². The van der Waals surface area contributed by atoms with Crippen LogP contribution in [0.25, 0.3) is 11.2 Å². The van der Waals surface area contributed by atoms with Crippen LogP contribution in [-0.2, 0) is 55.5 Å². The number of nitrogens with one attached hydrogen (secondary N) is 2. The lowest BCUT2D eigenvalue weighted by molar-refractivity contribution is -0.137. The van der Waals surface area contributed by atoms with Crippen LogP contribution >= 0.6 is 23.5 Å². The monoisotopic (exact) mass is 819 g/mol. The van der Waals surface area contributed by atoms with Crippen LogP contribution in [0.4, 0.5) is 5.82 Å². The van der Waals surface area contributed by atoms with E-state index in [0.717, 1.165) is 17.2 Å². The van der Waals surface area contributed by atoms with Gasteiger partial charge in [-0.05, 0) is 6.92 Å².